The highest BCUT2D eigenvalue weighted by atomic mass is 19.2. The number of rotatable bonds is 4. The fourth-order valence-electron chi connectivity index (χ4n) is 5.45. The van der Waals surface area contributed by atoms with Crippen molar-refractivity contribution in [1.82, 2.24) is 0 Å². The highest BCUT2D eigenvalue weighted by Crippen LogP contribution is 2.54. The van der Waals surface area contributed by atoms with Gasteiger partial charge in [0.1, 0.15) is 5.41 Å². The monoisotopic (exact) mass is 441 g/mol. The van der Waals surface area contributed by atoms with Gasteiger partial charge in [-0.15, -0.1) is 0 Å². The van der Waals surface area contributed by atoms with Gasteiger partial charge in [-0.2, -0.15) is 0 Å². The maximum Gasteiger partial charge on any atom is 0.307 e. The zero-order chi connectivity index (χ0) is 23.0. The third-order valence-electron chi connectivity index (χ3n) is 6.80. The van der Waals surface area contributed by atoms with Crippen LogP contribution in [0, 0.1) is 17.6 Å². The number of benzene rings is 2. The molecule has 32 heavy (non-hydrogen) atoms. The van der Waals surface area contributed by atoms with Crippen LogP contribution in [0.2, 0.25) is 0 Å². The number of imide groups is 1. The number of carbonyl (C=O) groups excluding carboxylic acids is 2. The van der Waals surface area contributed by atoms with Gasteiger partial charge in [0.25, 0.3) is 0 Å². The van der Waals surface area contributed by atoms with E-state index in [9.17, 15) is 18.8 Å². The van der Waals surface area contributed by atoms with E-state index in [1.54, 1.807) is 24.3 Å². The number of hydrogen-bond donors (Lipinski definition) is 1. The number of carbonyl (C=O) groups is 3. The van der Waals surface area contributed by atoms with Crippen molar-refractivity contribution in [3.63, 3.8) is 0 Å². The molecule has 0 spiro atoms. The van der Waals surface area contributed by atoms with Gasteiger partial charge >= 0.3 is 5.97 Å². The molecule has 1 unspecified atom stereocenters. The smallest absolute Gasteiger partial charge is 0.307 e. The molecule has 0 aromatic heterocycles. The molecule has 2 amide bonds. The van der Waals surface area contributed by atoms with Gasteiger partial charge in [-0.05, 0) is 41.5 Å². The molecular formula is C25H25F2NO4. The molecule has 1 N–H and O–H groups in total. The minimum atomic E-state index is -1.33. The summed E-state index contributed by atoms with van der Waals surface area (Å²) in [5, 5.41) is 9.08. The topological polar surface area (TPSA) is 74.7 Å². The maximum absolute atomic E-state index is 15.0. The third kappa shape index (κ3) is 3.40. The van der Waals surface area contributed by atoms with Crippen LogP contribution in [0.1, 0.15) is 62.1 Å². The Labute approximate surface area is 185 Å². The molecule has 4 rings (SSSR count). The van der Waals surface area contributed by atoms with Crippen molar-refractivity contribution in [2.24, 2.45) is 5.92 Å². The second-order valence-corrected chi connectivity index (χ2v) is 8.68. The van der Waals surface area contributed by atoms with Crippen molar-refractivity contribution in [1.29, 1.82) is 0 Å². The summed E-state index contributed by atoms with van der Waals surface area (Å²) < 4.78 is 29.2. The van der Waals surface area contributed by atoms with E-state index in [1.807, 2.05) is 0 Å². The number of carboxylic acids is 1. The summed E-state index contributed by atoms with van der Waals surface area (Å²) in [5.74, 6) is -4.73. The Balaban J connectivity index is 1.98. The first kappa shape index (κ1) is 22.1. The molecule has 1 aliphatic heterocycles. The van der Waals surface area contributed by atoms with Gasteiger partial charge < -0.3 is 5.11 Å². The number of anilines is 1. The standard InChI is InChI=1S/C25H25F2NO4/c1-15(29)28-23-19(12-13-20(26)22(23)27)25(24(28)32,17-6-4-2-3-5-7-17)18-10-8-16(9-11-18)14-21(30)31/h8-13,17H,2-7,14H2,1H3,(H,30,31). The minimum absolute atomic E-state index is 0.166. The van der Waals surface area contributed by atoms with Crippen molar-refractivity contribution in [2.45, 2.75) is 57.3 Å². The predicted octanol–water partition coefficient (Wildman–Crippen LogP) is 4.74. The summed E-state index contributed by atoms with van der Waals surface area (Å²) in [6.45, 7) is 1.17. The number of halogens is 2. The Hall–Kier alpha value is -3.09. The average Bonchev–Trinajstić information content (AvgIpc) is 2.89. The van der Waals surface area contributed by atoms with Crippen LogP contribution in [0.25, 0.3) is 0 Å². The summed E-state index contributed by atoms with van der Waals surface area (Å²) in [6, 6.07) is 9.10. The Morgan fingerprint density at radius 2 is 1.66 bits per heavy atom. The van der Waals surface area contributed by atoms with E-state index in [4.69, 9.17) is 5.11 Å². The van der Waals surface area contributed by atoms with Crippen molar-refractivity contribution in [2.75, 3.05) is 4.90 Å². The maximum atomic E-state index is 15.0. The average molecular weight is 441 g/mol. The van der Waals surface area contributed by atoms with Gasteiger partial charge in [0.05, 0.1) is 12.1 Å². The lowest BCUT2D eigenvalue weighted by molar-refractivity contribution is -0.136. The van der Waals surface area contributed by atoms with Gasteiger partial charge in [-0.1, -0.05) is 56.0 Å². The summed E-state index contributed by atoms with van der Waals surface area (Å²) in [7, 11) is 0. The highest BCUT2D eigenvalue weighted by molar-refractivity contribution is 6.23. The van der Waals surface area contributed by atoms with Crippen molar-refractivity contribution in [3.05, 3.63) is 64.7 Å². The van der Waals surface area contributed by atoms with Crippen molar-refractivity contribution < 1.29 is 28.3 Å². The van der Waals surface area contributed by atoms with Gasteiger partial charge in [-0.3, -0.25) is 14.4 Å². The van der Waals surface area contributed by atoms with Gasteiger partial charge in [-0.25, -0.2) is 13.7 Å². The quantitative estimate of drug-likeness (QED) is 0.696. The second-order valence-electron chi connectivity index (χ2n) is 8.68. The molecule has 1 saturated carbocycles. The number of nitrogens with zero attached hydrogens (tertiary/aromatic N) is 1. The summed E-state index contributed by atoms with van der Waals surface area (Å²) >= 11 is 0. The number of aliphatic carboxylic acids is 1. The summed E-state index contributed by atoms with van der Waals surface area (Å²) in [5.41, 5.74) is -0.200. The molecule has 0 saturated heterocycles. The molecule has 1 atom stereocenters. The lowest BCUT2D eigenvalue weighted by atomic mass is 9.64. The molecule has 1 fully saturated rings. The van der Waals surface area contributed by atoms with E-state index in [0.717, 1.165) is 36.6 Å². The van der Waals surface area contributed by atoms with Crippen LogP contribution in [0.3, 0.4) is 0 Å². The van der Waals surface area contributed by atoms with Crippen LogP contribution < -0.4 is 4.90 Å². The van der Waals surface area contributed by atoms with Gasteiger partial charge in [0.2, 0.25) is 11.8 Å². The van der Waals surface area contributed by atoms with E-state index in [1.165, 1.54) is 13.0 Å². The number of carboxylic acid groups (broad SMARTS) is 1. The Kier molecular flexibility index (Phi) is 5.84. The molecule has 2 aromatic carbocycles. The van der Waals surface area contributed by atoms with Crippen LogP contribution in [-0.2, 0) is 26.2 Å². The van der Waals surface area contributed by atoms with E-state index in [0.29, 0.717) is 29.5 Å². The van der Waals surface area contributed by atoms with Crippen LogP contribution in [0.15, 0.2) is 36.4 Å². The van der Waals surface area contributed by atoms with E-state index in [-0.39, 0.29) is 18.0 Å². The van der Waals surface area contributed by atoms with E-state index in [2.05, 4.69) is 0 Å². The van der Waals surface area contributed by atoms with Crippen molar-refractivity contribution in [3.8, 4) is 0 Å². The first-order valence-corrected chi connectivity index (χ1v) is 10.9. The molecule has 2 aromatic rings. The third-order valence-corrected chi connectivity index (χ3v) is 6.80. The summed E-state index contributed by atoms with van der Waals surface area (Å²) in [6.07, 6.45) is 5.12. The first-order chi connectivity index (χ1) is 15.3. The van der Waals surface area contributed by atoms with Gasteiger partial charge in [0.15, 0.2) is 11.6 Å². The number of hydrogen-bond acceptors (Lipinski definition) is 3. The van der Waals surface area contributed by atoms with Crippen molar-refractivity contribution >= 4 is 23.5 Å². The fourth-order valence-corrected chi connectivity index (χ4v) is 5.45. The molecule has 5 nitrogen and oxygen atoms in total. The normalized spacial score (nSPS) is 21.3. The van der Waals surface area contributed by atoms with E-state index < -0.39 is 34.8 Å². The van der Waals surface area contributed by atoms with Crippen LogP contribution in [0.4, 0.5) is 14.5 Å². The van der Waals surface area contributed by atoms with Crippen LogP contribution in [-0.4, -0.2) is 22.9 Å². The molecule has 7 heteroatoms. The minimum Gasteiger partial charge on any atom is -0.481 e. The Morgan fingerprint density at radius 3 is 2.22 bits per heavy atom. The lowest BCUT2D eigenvalue weighted by Gasteiger charge is -2.37. The molecular weight excluding hydrogens is 416 g/mol. The second kappa shape index (κ2) is 8.45. The fraction of sp³-hybridized carbons (Fsp3) is 0.400. The number of fused-ring (bicyclic) bond motifs is 1. The molecule has 0 bridgehead atoms. The molecule has 1 heterocycles. The first-order valence-electron chi connectivity index (χ1n) is 10.9. The summed E-state index contributed by atoms with van der Waals surface area (Å²) in [4.78, 5) is 38.3. The zero-order valence-electron chi connectivity index (χ0n) is 17.9. The highest BCUT2D eigenvalue weighted by Gasteiger charge is 2.58. The Morgan fingerprint density at radius 1 is 1.03 bits per heavy atom. The number of amides is 2. The molecule has 1 aliphatic carbocycles. The predicted molar refractivity (Wildman–Crippen MR) is 114 cm³/mol. The Bertz CT molecular complexity index is 1070. The van der Waals surface area contributed by atoms with Crippen LogP contribution in [0.5, 0.6) is 0 Å². The molecule has 168 valence electrons. The molecule has 2 aliphatic rings. The van der Waals surface area contributed by atoms with Gasteiger partial charge in [0, 0.05) is 6.92 Å². The lowest BCUT2D eigenvalue weighted by Crippen LogP contribution is -2.48. The zero-order valence-corrected chi connectivity index (χ0v) is 17.9. The molecule has 0 radical (unpaired) electrons. The van der Waals surface area contributed by atoms with Crippen LogP contribution >= 0.6 is 0 Å². The van der Waals surface area contributed by atoms with E-state index >= 15 is 4.39 Å². The SMILES string of the molecule is CC(=O)N1C(=O)C(c2ccc(CC(=O)O)cc2)(C2CCCCCC2)c2ccc(F)c(F)c21. The largest absolute Gasteiger partial charge is 0.481 e.